The molecular weight excluding hydrogens is 314 g/mol. The molecule has 0 unspecified atom stereocenters. The standard InChI is InChI=1S/C14H14F2N2O5/c15-12(16)23-9-2-1-8(3-17-9)4-18-10(19)14-5-13(6-14,7-22-14)11(20)21/h1-3,12H,4-7H2,(H,18,19)(H,20,21). The summed E-state index contributed by atoms with van der Waals surface area (Å²) in [6.07, 6.45) is 1.65. The number of rotatable bonds is 6. The number of ether oxygens (including phenoxy) is 2. The number of carbonyl (C=O) groups is 2. The van der Waals surface area contributed by atoms with Gasteiger partial charge in [0.25, 0.3) is 5.91 Å². The maximum Gasteiger partial charge on any atom is 0.388 e. The predicted molar refractivity (Wildman–Crippen MR) is 70.7 cm³/mol. The first-order valence-electron chi connectivity index (χ1n) is 6.91. The van der Waals surface area contributed by atoms with E-state index in [1.165, 1.54) is 18.3 Å². The van der Waals surface area contributed by atoms with E-state index in [1.807, 2.05) is 0 Å². The van der Waals surface area contributed by atoms with Crippen LogP contribution < -0.4 is 10.1 Å². The number of alkyl halides is 2. The van der Waals surface area contributed by atoms with Crippen molar-refractivity contribution in [3.8, 4) is 5.88 Å². The van der Waals surface area contributed by atoms with Crippen LogP contribution in [0.4, 0.5) is 8.78 Å². The third-order valence-electron chi connectivity index (χ3n) is 4.20. The van der Waals surface area contributed by atoms with E-state index in [9.17, 15) is 18.4 Å². The van der Waals surface area contributed by atoms with Gasteiger partial charge in [0.2, 0.25) is 5.88 Å². The highest BCUT2D eigenvalue weighted by Gasteiger charge is 2.70. The zero-order valence-corrected chi connectivity index (χ0v) is 11.9. The zero-order valence-electron chi connectivity index (χ0n) is 11.9. The fourth-order valence-electron chi connectivity index (χ4n) is 2.98. The number of halogens is 2. The summed E-state index contributed by atoms with van der Waals surface area (Å²) in [4.78, 5) is 27.0. The lowest BCUT2D eigenvalue weighted by atomic mass is 9.62. The van der Waals surface area contributed by atoms with Crippen molar-refractivity contribution in [2.75, 3.05) is 6.61 Å². The summed E-state index contributed by atoms with van der Waals surface area (Å²) in [5.41, 5.74) is -1.41. The van der Waals surface area contributed by atoms with E-state index < -0.39 is 23.6 Å². The highest BCUT2D eigenvalue weighted by Crippen LogP contribution is 2.58. The molecule has 23 heavy (non-hydrogen) atoms. The highest BCUT2D eigenvalue weighted by atomic mass is 19.3. The van der Waals surface area contributed by atoms with Crippen molar-refractivity contribution in [1.82, 2.24) is 10.3 Å². The quantitative estimate of drug-likeness (QED) is 0.806. The Bertz CT molecular complexity index is 629. The van der Waals surface area contributed by atoms with Gasteiger partial charge in [-0.2, -0.15) is 8.78 Å². The molecule has 0 spiro atoms. The number of hydrogen-bond acceptors (Lipinski definition) is 5. The fourth-order valence-corrected chi connectivity index (χ4v) is 2.98. The third kappa shape index (κ3) is 2.72. The van der Waals surface area contributed by atoms with E-state index in [1.54, 1.807) is 0 Å². The van der Waals surface area contributed by atoms with Gasteiger partial charge in [0.1, 0.15) is 5.60 Å². The SMILES string of the molecule is O=C(O)C12COC(C(=O)NCc3ccc(OC(F)F)nc3)(C1)C2. The molecule has 1 aliphatic carbocycles. The van der Waals surface area contributed by atoms with Crippen molar-refractivity contribution in [2.45, 2.75) is 31.6 Å². The molecule has 3 fully saturated rings. The molecule has 2 aliphatic heterocycles. The van der Waals surface area contributed by atoms with Crippen LogP contribution in [-0.2, 0) is 20.9 Å². The molecule has 2 N–H and O–H groups in total. The molecule has 1 aromatic rings. The van der Waals surface area contributed by atoms with Gasteiger partial charge in [-0.25, -0.2) is 4.98 Å². The number of nitrogens with zero attached hydrogens (tertiary/aromatic N) is 1. The predicted octanol–water partition coefficient (Wildman–Crippen LogP) is 0.933. The maximum absolute atomic E-state index is 12.2. The van der Waals surface area contributed by atoms with Crippen LogP contribution in [-0.4, -0.2) is 40.8 Å². The Labute approximate surface area is 129 Å². The van der Waals surface area contributed by atoms with Crippen LogP contribution in [0.3, 0.4) is 0 Å². The Kier molecular flexibility index (Phi) is 3.67. The zero-order chi connectivity index (χ0) is 16.7. The molecule has 1 amide bonds. The monoisotopic (exact) mass is 328 g/mol. The first-order valence-corrected chi connectivity index (χ1v) is 6.91. The van der Waals surface area contributed by atoms with E-state index in [2.05, 4.69) is 15.0 Å². The molecule has 2 bridgehead atoms. The topological polar surface area (TPSA) is 97.8 Å². The average molecular weight is 328 g/mol. The second kappa shape index (κ2) is 5.41. The number of aliphatic carboxylic acids is 1. The number of carboxylic acids is 1. The number of carbonyl (C=O) groups excluding carboxylic acids is 1. The van der Waals surface area contributed by atoms with Crippen molar-refractivity contribution in [3.05, 3.63) is 23.9 Å². The van der Waals surface area contributed by atoms with Crippen LogP contribution in [0.5, 0.6) is 5.88 Å². The summed E-state index contributed by atoms with van der Waals surface area (Å²) in [7, 11) is 0. The van der Waals surface area contributed by atoms with Gasteiger partial charge in [-0.1, -0.05) is 6.07 Å². The second-order valence-electron chi connectivity index (χ2n) is 5.79. The molecule has 9 heteroatoms. The average Bonchev–Trinajstić information content (AvgIpc) is 3.03. The summed E-state index contributed by atoms with van der Waals surface area (Å²) >= 11 is 0. The number of nitrogens with one attached hydrogen (secondary N) is 1. The normalized spacial score (nSPS) is 28.3. The Morgan fingerprint density at radius 3 is 2.70 bits per heavy atom. The fraction of sp³-hybridized carbons (Fsp3) is 0.500. The molecule has 124 valence electrons. The summed E-state index contributed by atoms with van der Waals surface area (Å²) < 4.78 is 33.5. The van der Waals surface area contributed by atoms with Crippen LogP contribution in [0, 0.1) is 5.41 Å². The van der Waals surface area contributed by atoms with Gasteiger partial charge in [-0.3, -0.25) is 9.59 Å². The van der Waals surface area contributed by atoms with Crippen LogP contribution in [0.1, 0.15) is 18.4 Å². The molecule has 1 saturated carbocycles. The smallest absolute Gasteiger partial charge is 0.388 e. The van der Waals surface area contributed by atoms with E-state index >= 15 is 0 Å². The Balaban J connectivity index is 1.53. The number of pyridine rings is 1. The second-order valence-corrected chi connectivity index (χ2v) is 5.79. The summed E-state index contributed by atoms with van der Waals surface area (Å²) in [6.45, 7) is -2.78. The molecule has 3 aliphatic rings. The number of hydrogen-bond donors (Lipinski definition) is 2. The van der Waals surface area contributed by atoms with Gasteiger partial charge >= 0.3 is 12.6 Å². The van der Waals surface area contributed by atoms with Crippen molar-refractivity contribution in [3.63, 3.8) is 0 Å². The number of fused-ring (bicyclic) bond motifs is 1. The molecule has 3 heterocycles. The summed E-state index contributed by atoms with van der Waals surface area (Å²) in [5.74, 6) is -1.53. The molecule has 7 nitrogen and oxygen atoms in total. The van der Waals surface area contributed by atoms with E-state index in [0.717, 1.165) is 0 Å². The molecule has 1 aromatic heterocycles. The number of carboxylic acid groups (broad SMARTS) is 1. The van der Waals surface area contributed by atoms with E-state index in [-0.39, 0.29) is 37.8 Å². The molecule has 0 radical (unpaired) electrons. The van der Waals surface area contributed by atoms with Crippen molar-refractivity contribution >= 4 is 11.9 Å². The molecule has 4 rings (SSSR count). The molecule has 2 saturated heterocycles. The minimum absolute atomic E-state index is 0.0387. The Hall–Kier alpha value is -2.29. The van der Waals surface area contributed by atoms with Crippen LogP contribution in [0.25, 0.3) is 0 Å². The summed E-state index contributed by atoms with van der Waals surface area (Å²) in [5, 5.41) is 11.8. The molecule has 0 atom stereocenters. The van der Waals surface area contributed by atoms with Crippen LogP contribution in [0.15, 0.2) is 18.3 Å². The lowest BCUT2D eigenvalue weighted by Gasteiger charge is -2.40. The maximum atomic E-state index is 12.2. The van der Waals surface area contributed by atoms with Gasteiger partial charge in [0, 0.05) is 31.6 Å². The van der Waals surface area contributed by atoms with Gasteiger partial charge in [-0.15, -0.1) is 0 Å². The van der Waals surface area contributed by atoms with E-state index in [0.29, 0.717) is 5.56 Å². The minimum Gasteiger partial charge on any atom is -0.481 e. The number of aromatic nitrogens is 1. The van der Waals surface area contributed by atoms with Crippen molar-refractivity contribution < 1.29 is 33.0 Å². The van der Waals surface area contributed by atoms with Gasteiger partial charge in [-0.05, 0) is 5.56 Å². The van der Waals surface area contributed by atoms with Gasteiger partial charge in [0.15, 0.2) is 0 Å². The minimum atomic E-state index is -2.94. The van der Waals surface area contributed by atoms with Crippen LogP contribution >= 0.6 is 0 Å². The molecule has 0 aromatic carbocycles. The lowest BCUT2D eigenvalue weighted by molar-refractivity contribution is -0.158. The van der Waals surface area contributed by atoms with Crippen molar-refractivity contribution in [2.24, 2.45) is 5.41 Å². The Morgan fingerprint density at radius 2 is 2.17 bits per heavy atom. The Morgan fingerprint density at radius 1 is 1.43 bits per heavy atom. The first-order chi connectivity index (χ1) is 10.9. The largest absolute Gasteiger partial charge is 0.481 e. The molecular formula is C14H14F2N2O5. The van der Waals surface area contributed by atoms with Gasteiger partial charge < -0.3 is 19.9 Å². The lowest BCUT2D eigenvalue weighted by Crippen LogP contribution is -2.57. The third-order valence-corrected chi connectivity index (χ3v) is 4.20. The van der Waals surface area contributed by atoms with E-state index in [4.69, 9.17) is 9.84 Å². The summed E-state index contributed by atoms with van der Waals surface area (Å²) in [6, 6.07) is 2.78. The first kappa shape index (κ1) is 15.6. The van der Waals surface area contributed by atoms with Gasteiger partial charge in [0.05, 0.1) is 12.0 Å². The number of amides is 1. The highest BCUT2D eigenvalue weighted by molar-refractivity contribution is 5.92. The van der Waals surface area contributed by atoms with Crippen LogP contribution in [0.2, 0.25) is 0 Å². The van der Waals surface area contributed by atoms with Crippen molar-refractivity contribution in [1.29, 1.82) is 0 Å².